The number of rotatable bonds is 3. The Morgan fingerprint density at radius 2 is 1.80 bits per heavy atom. The molecule has 2 rings (SSSR count). The van der Waals surface area contributed by atoms with Crippen LogP contribution < -0.4 is 0 Å². The molecule has 0 unspecified atom stereocenters. The minimum atomic E-state index is -3.97. The maximum absolute atomic E-state index is 11.9. The molecule has 7 heteroatoms. The van der Waals surface area contributed by atoms with E-state index in [1.54, 1.807) is 19.1 Å². The van der Waals surface area contributed by atoms with Gasteiger partial charge in [-0.25, -0.2) is 0 Å². The second-order valence-electron chi connectivity index (χ2n) is 4.02. The summed E-state index contributed by atoms with van der Waals surface area (Å²) in [7, 11) is -3.97. The Hall–Kier alpha value is -1.73. The maximum Gasteiger partial charge on any atom is 0.358 e. The van der Waals surface area contributed by atoms with E-state index in [1.165, 1.54) is 30.4 Å². The average molecular weight is 356 g/mol. The summed E-state index contributed by atoms with van der Waals surface area (Å²) in [6.07, 6.45) is 4.06. The van der Waals surface area contributed by atoms with E-state index in [0.717, 1.165) is 4.47 Å². The Bertz CT molecular complexity index is 730. The third kappa shape index (κ3) is 3.43. The molecule has 1 aromatic rings. The highest BCUT2D eigenvalue weighted by Gasteiger charge is 2.16. The fraction of sp³-hybridized carbons (Fsp3) is 0.0769. The Balaban J connectivity index is 2.22. The van der Waals surface area contributed by atoms with E-state index in [2.05, 4.69) is 25.4 Å². The molecule has 0 radical (unpaired) electrons. The van der Waals surface area contributed by atoms with Crippen LogP contribution in [0.2, 0.25) is 0 Å². The van der Waals surface area contributed by atoms with Crippen molar-refractivity contribution >= 4 is 37.5 Å². The second-order valence-corrected chi connectivity index (χ2v) is 6.47. The lowest BCUT2D eigenvalue weighted by atomic mass is 10.1. The van der Waals surface area contributed by atoms with Crippen molar-refractivity contribution in [2.24, 2.45) is 5.16 Å². The van der Waals surface area contributed by atoms with Crippen LogP contribution in [-0.4, -0.2) is 19.9 Å². The quantitative estimate of drug-likeness (QED) is 0.617. The monoisotopic (exact) mass is 355 g/mol. The van der Waals surface area contributed by atoms with Crippen molar-refractivity contribution in [2.75, 3.05) is 0 Å². The summed E-state index contributed by atoms with van der Waals surface area (Å²) in [5.74, 6) is -0.169. The van der Waals surface area contributed by atoms with Gasteiger partial charge in [0.25, 0.3) is 0 Å². The summed E-state index contributed by atoms with van der Waals surface area (Å²) in [5, 5.41) is 3.58. The highest BCUT2D eigenvalue weighted by Crippen LogP contribution is 2.17. The van der Waals surface area contributed by atoms with Gasteiger partial charge in [-0.15, -0.1) is 0 Å². The van der Waals surface area contributed by atoms with Gasteiger partial charge in [0.1, 0.15) is 10.6 Å². The fourth-order valence-electron chi connectivity index (χ4n) is 1.46. The molecule has 0 spiro atoms. The zero-order chi connectivity index (χ0) is 14.8. The second kappa shape index (κ2) is 5.72. The van der Waals surface area contributed by atoms with Crippen LogP contribution in [0.4, 0.5) is 0 Å². The standard InChI is InChI=1S/C13H10BrNO4S/c1-9-8-11(16)4-7-13(9)15-19-20(17,18)12-5-2-10(14)3-6-12/h2-8H,1H3. The molecule has 1 aliphatic rings. The first kappa shape index (κ1) is 14.7. The first-order chi connectivity index (χ1) is 9.38. The van der Waals surface area contributed by atoms with Crippen molar-refractivity contribution in [3.63, 3.8) is 0 Å². The van der Waals surface area contributed by atoms with Gasteiger partial charge in [0.05, 0.1) is 0 Å². The normalized spacial score (nSPS) is 17.2. The molecule has 104 valence electrons. The van der Waals surface area contributed by atoms with Gasteiger partial charge in [-0.2, -0.15) is 8.42 Å². The van der Waals surface area contributed by atoms with Crippen LogP contribution in [0, 0.1) is 0 Å². The van der Waals surface area contributed by atoms with E-state index in [9.17, 15) is 13.2 Å². The van der Waals surface area contributed by atoms with Crippen LogP contribution in [0.3, 0.4) is 0 Å². The van der Waals surface area contributed by atoms with E-state index in [0.29, 0.717) is 11.3 Å². The minimum absolute atomic E-state index is 0.00236. The first-order valence-corrected chi connectivity index (χ1v) is 7.76. The molecule has 0 atom stereocenters. The van der Waals surface area contributed by atoms with E-state index in [4.69, 9.17) is 0 Å². The zero-order valence-electron chi connectivity index (χ0n) is 10.4. The SMILES string of the molecule is CC1=CC(=O)C=CC1=NOS(=O)(=O)c1ccc(Br)cc1. The number of nitrogens with zero attached hydrogens (tertiary/aromatic N) is 1. The highest BCUT2D eigenvalue weighted by molar-refractivity contribution is 9.10. The zero-order valence-corrected chi connectivity index (χ0v) is 12.8. The summed E-state index contributed by atoms with van der Waals surface area (Å²) in [6.45, 7) is 1.65. The molecular formula is C13H10BrNO4S. The predicted octanol–water partition coefficient (Wildman–Crippen LogP) is 2.60. The topological polar surface area (TPSA) is 72.8 Å². The maximum atomic E-state index is 11.9. The number of halogens is 1. The summed E-state index contributed by atoms with van der Waals surface area (Å²) in [6, 6.07) is 5.99. The summed E-state index contributed by atoms with van der Waals surface area (Å²) < 4.78 is 29.2. The first-order valence-electron chi connectivity index (χ1n) is 5.56. The fourth-order valence-corrected chi connectivity index (χ4v) is 2.46. The molecule has 0 fully saturated rings. The Kier molecular flexibility index (Phi) is 4.20. The molecular weight excluding hydrogens is 346 g/mol. The molecule has 0 amide bonds. The van der Waals surface area contributed by atoms with Crippen molar-refractivity contribution in [3.8, 4) is 0 Å². The molecule has 0 N–H and O–H groups in total. The predicted molar refractivity (Wildman–Crippen MR) is 77.8 cm³/mol. The van der Waals surface area contributed by atoms with Crippen LogP contribution in [0.25, 0.3) is 0 Å². The number of hydrogen-bond acceptors (Lipinski definition) is 5. The van der Waals surface area contributed by atoms with Gasteiger partial charge < -0.3 is 0 Å². The van der Waals surface area contributed by atoms with Crippen LogP contribution in [0.5, 0.6) is 0 Å². The number of oxime groups is 1. The van der Waals surface area contributed by atoms with Gasteiger partial charge in [-0.05, 0) is 55.0 Å². The molecule has 1 aromatic carbocycles. The van der Waals surface area contributed by atoms with Gasteiger partial charge >= 0.3 is 10.1 Å². The lowest BCUT2D eigenvalue weighted by molar-refractivity contribution is -0.110. The van der Waals surface area contributed by atoms with Crippen LogP contribution in [0.15, 0.2) is 62.6 Å². The van der Waals surface area contributed by atoms with Gasteiger partial charge in [-0.1, -0.05) is 21.1 Å². The highest BCUT2D eigenvalue weighted by atomic mass is 79.9. The van der Waals surface area contributed by atoms with Gasteiger partial charge in [0.15, 0.2) is 5.78 Å². The molecule has 5 nitrogen and oxygen atoms in total. The average Bonchev–Trinajstić information content (AvgIpc) is 2.38. The van der Waals surface area contributed by atoms with Crippen LogP contribution in [0.1, 0.15) is 6.92 Å². The smallest absolute Gasteiger partial charge is 0.290 e. The number of carbonyl (C=O) groups is 1. The third-order valence-corrected chi connectivity index (χ3v) is 4.15. The molecule has 0 saturated heterocycles. The van der Waals surface area contributed by atoms with Gasteiger partial charge in [0, 0.05) is 4.47 Å². The lowest BCUT2D eigenvalue weighted by Crippen LogP contribution is -2.09. The number of benzene rings is 1. The van der Waals surface area contributed by atoms with E-state index < -0.39 is 10.1 Å². The van der Waals surface area contributed by atoms with Crippen molar-refractivity contribution in [2.45, 2.75) is 11.8 Å². The van der Waals surface area contributed by atoms with Crippen LogP contribution in [-0.2, 0) is 19.2 Å². The lowest BCUT2D eigenvalue weighted by Gasteiger charge is -2.06. The molecule has 20 heavy (non-hydrogen) atoms. The molecule has 0 saturated carbocycles. The Morgan fingerprint density at radius 3 is 2.40 bits per heavy atom. The van der Waals surface area contributed by atoms with Gasteiger partial charge in [-0.3, -0.25) is 9.08 Å². The molecule has 0 aromatic heterocycles. The van der Waals surface area contributed by atoms with Crippen molar-refractivity contribution in [1.82, 2.24) is 0 Å². The van der Waals surface area contributed by atoms with E-state index >= 15 is 0 Å². The number of ketones is 1. The minimum Gasteiger partial charge on any atom is -0.290 e. The van der Waals surface area contributed by atoms with Crippen molar-refractivity contribution in [1.29, 1.82) is 0 Å². The van der Waals surface area contributed by atoms with Crippen molar-refractivity contribution < 1.29 is 17.5 Å². The van der Waals surface area contributed by atoms with E-state index in [-0.39, 0.29) is 10.7 Å². The summed E-state index contributed by atoms with van der Waals surface area (Å²) >= 11 is 3.22. The number of carbonyl (C=O) groups excluding carboxylic acids is 1. The Labute approximate surface area is 124 Å². The number of hydrogen-bond donors (Lipinski definition) is 0. The molecule has 0 bridgehead atoms. The summed E-state index contributed by atoms with van der Waals surface area (Å²) in [5.41, 5.74) is 0.841. The number of allylic oxidation sites excluding steroid dienone is 4. The summed E-state index contributed by atoms with van der Waals surface area (Å²) in [4.78, 5) is 11.1. The van der Waals surface area contributed by atoms with E-state index in [1.807, 2.05) is 0 Å². The molecule has 0 heterocycles. The van der Waals surface area contributed by atoms with Crippen LogP contribution >= 0.6 is 15.9 Å². The largest absolute Gasteiger partial charge is 0.358 e. The molecule has 0 aliphatic heterocycles. The molecule has 1 aliphatic carbocycles. The Morgan fingerprint density at radius 1 is 1.15 bits per heavy atom. The van der Waals surface area contributed by atoms with Gasteiger partial charge in [0.2, 0.25) is 0 Å². The van der Waals surface area contributed by atoms with Crippen molar-refractivity contribution in [3.05, 3.63) is 52.5 Å². The third-order valence-electron chi connectivity index (χ3n) is 2.50.